The fourth-order valence-electron chi connectivity index (χ4n) is 1.44. The second kappa shape index (κ2) is 5.38. The molecule has 0 amide bonds. The van der Waals surface area contributed by atoms with E-state index in [-0.39, 0.29) is 0 Å². The molecule has 1 rings (SSSR count). The lowest BCUT2D eigenvalue weighted by molar-refractivity contribution is 0.394. The van der Waals surface area contributed by atoms with Gasteiger partial charge < -0.3 is 5.73 Å². The Hall–Kier alpha value is -0.530. The summed E-state index contributed by atoms with van der Waals surface area (Å²) in [7, 11) is 0. The fraction of sp³-hybridized carbons (Fsp3) is 0.500. The first-order valence-electron chi connectivity index (χ1n) is 5.08. The van der Waals surface area contributed by atoms with Crippen LogP contribution in [0.3, 0.4) is 0 Å². The Bertz CT molecular complexity index is 285. The predicted octanol–water partition coefficient (Wildman–Crippen LogP) is 3.11. The third kappa shape index (κ3) is 3.00. The second-order valence-electron chi connectivity index (χ2n) is 3.99. The number of rotatable bonds is 4. The van der Waals surface area contributed by atoms with Crippen LogP contribution in [0, 0.1) is 11.8 Å². The molecule has 2 heteroatoms. The Morgan fingerprint density at radius 3 is 2.43 bits per heavy atom. The van der Waals surface area contributed by atoms with Crippen molar-refractivity contribution in [2.24, 2.45) is 17.6 Å². The third-order valence-electron chi connectivity index (χ3n) is 2.84. The molecule has 0 saturated heterocycles. The minimum atomic E-state index is 0.547. The Morgan fingerprint density at radius 1 is 1.21 bits per heavy atom. The molecular weight excluding hydrogens is 194 g/mol. The lowest BCUT2D eigenvalue weighted by Gasteiger charge is -2.18. The van der Waals surface area contributed by atoms with Gasteiger partial charge in [-0.1, -0.05) is 43.6 Å². The molecule has 0 fully saturated rings. The standard InChI is InChI=1S/C12H18ClN/c1-9(10(2)8-14)7-11-5-3-4-6-12(11)13/h3-6,9-10H,7-8,14H2,1-2H3. The van der Waals surface area contributed by atoms with Crippen molar-refractivity contribution >= 4 is 11.6 Å². The normalized spacial score (nSPS) is 15.1. The minimum absolute atomic E-state index is 0.547. The van der Waals surface area contributed by atoms with Gasteiger partial charge in [-0.25, -0.2) is 0 Å². The summed E-state index contributed by atoms with van der Waals surface area (Å²) in [5, 5.41) is 0.864. The molecule has 0 aliphatic rings. The molecule has 78 valence electrons. The zero-order chi connectivity index (χ0) is 10.6. The smallest absolute Gasteiger partial charge is 0.0438 e. The van der Waals surface area contributed by atoms with E-state index in [1.165, 1.54) is 5.56 Å². The van der Waals surface area contributed by atoms with Crippen LogP contribution in [0.15, 0.2) is 24.3 Å². The number of nitrogens with two attached hydrogens (primary N) is 1. The zero-order valence-corrected chi connectivity index (χ0v) is 9.59. The van der Waals surface area contributed by atoms with Crippen molar-refractivity contribution < 1.29 is 0 Å². The van der Waals surface area contributed by atoms with Gasteiger partial charge >= 0.3 is 0 Å². The van der Waals surface area contributed by atoms with Crippen LogP contribution < -0.4 is 5.73 Å². The van der Waals surface area contributed by atoms with E-state index in [0.717, 1.165) is 18.0 Å². The van der Waals surface area contributed by atoms with Crippen LogP contribution in [0.2, 0.25) is 5.02 Å². The number of benzene rings is 1. The van der Waals surface area contributed by atoms with Crippen molar-refractivity contribution in [1.29, 1.82) is 0 Å². The van der Waals surface area contributed by atoms with Crippen LogP contribution in [0.4, 0.5) is 0 Å². The van der Waals surface area contributed by atoms with Gasteiger partial charge in [0.25, 0.3) is 0 Å². The van der Waals surface area contributed by atoms with E-state index >= 15 is 0 Å². The summed E-state index contributed by atoms with van der Waals surface area (Å²) in [6.07, 6.45) is 1.01. The molecule has 2 N–H and O–H groups in total. The quantitative estimate of drug-likeness (QED) is 0.814. The van der Waals surface area contributed by atoms with Crippen LogP contribution in [0.1, 0.15) is 19.4 Å². The Kier molecular flexibility index (Phi) is 4.43. The maximum Gasteiger partial charge on any atom is 0.0438 e. The first kappa shape index (κ1) is 11.5. The SMILES string of the molecule is CC(CN)C(C)Cc1ccccc1Cl. The molecule has 1 aromatic carbocycles. The number of hydrogen-bond acceptors (Lipinski definition) is 1. The van der Waals surface area contributed by atoms with Gasteiger partial charge in [-0.05, 0) is 36.4 Å². The first-order valence-corrected chi connectivity index (χ1v) is 5.46. The van der Waals surface area contributed by atoms with Crippen LogP contribution >= 0.6 is 11.6 Å². The van der Waals surface area contributed by atoms with Crippen molar-refractivity contribution in [2.45, 2.75) is 20.3 Å². The van der Waals surface area contributed by atoms with E-state index in [4.69, 9.17) is 17.3 Å². The van der Waals surface area contributed by atoms with E-state index in [2.05, 4.69) is 19.9 Å². The Balaban J connectivity index is 2.64. The molecular formula is C12H18ClN. The highest BCUT2D eigenvalue weighted by atomic mass is 35.5. The Labute approximate surface area is 91.3 Å². The molecule has 0 spiro atoms. The summed E-state index contributed by atoms with van der Waals surface area (Å²) in [5.41, 5.74) is 6.86. The first-order chi connectivity index (χ1) is 6.65. The van der Waals surface area contributed by atoms with Gasteiger partial charge in [-0.2, -0.15) is 0 Å². The van der Waals surface area contributed by atoms with Gasteiger partial charge in [-0.3, -0.25) is 0 Å². The molecule has 0 saturated carbocycles. The van der Waals surface area contributed by atoms with Crippen LogP contribution in [-0.2, 0) is 6.42 Å². The summed E-state index contributed by atoms with van der Waals surface area (Å²) in [6, 6.07) is 8.02. The number of hydrogen-bond donors (Lipinski definition) is 1. The highest BCUT2D eigenvalue weighted by Crippen LogP contribution is 2.22. The summed E-state index contributed by atoms with van der Waals surface area (Å²) in [4.78, 5) is 0. The maximum atomic E-state index is 6.08. The number of halogens is 1. The van der Waals surface area contributed by atoms with E-state index in [1.807, 2.05) is 18.2 Å². The minimum Gasteiger partial charge on any atom is -0.330 e. The molecule has 2 atom stereocenters. The molecule has 0 aliphatic heterocycles. The molecule has 0 aliphatic carbocycles. The highest BCUT2D eigenvalue weighted by molar-refractivity contribution is 6.31. The van der Waals surface area contributed by atoms with Crippen molar-refractivity contribution in [2.75, 3.05) is 6.54 Å². The van der Waals surface area contributed by atoms with Gasteiger partial charge in [0.2, 0.25) is 0 Å². The lowest BCUT2D eigenvalue weighted by atomic mass is 9.90. The van der Waals surface area contributed by atoms with Gasteiger partial charge in [0, 0.05) is 5.02 Å². The molecule has 0 radical (unpaired) electrons. The van der Waals surface area contributed by atoms with Crippen molar-refractivity contribution in [3.8, 4) is 0 Å². The van der Waals surface area contributed by atoms with Gasteiger partial charge in [0.05, 0.1) is 0 Å². The second-order valence-corrected chi connectivity index (χ2v) is 4.39. The molecule has 0 aromatic heterocycles. The van der Waals surface area contributed by atoms with E-state index in [9.17, 15) is 0 Å². The van der Waals surface area contributed by atoms with E-state index in [0.29, 0.717) is 11.8 Å². The molecule has 1 aromatic rings. The van der Waals surface area contributed by atoms with Crippen molar-refractivity contribution in [3.05, 3.63) is 34.9 Å². The monoisotopic (exact) mass is 211 g/mol. The Morgan fingerprint density at radius 2 is 1.86 bits per heavy atom. The van der Waals surface area contributed by atoms with E-state index < -0.39 is 0 Å². The van der Waals surface area contributed by atoms with Crippen molar-refractivity contribution in [1.82, 2.24) is 0 Å². The van der Waals surface area contributed by atoms with Gasteiger partial charge in [-0.15, -0.1) is 0 Å². The lowest BCUT2D eigenvalue weighted by Crippen LogP contribution is -2.20. The van der Waals surface area contributed by atoms with Crippen LogP contribution in [-0.4, -0.2) is 6.54 Å². The van der Waals surface area contributed by atoms with Crippen molar-refractivity contribution in [3.63, 3.8) is 0 Å². The highest BCUT2D eigenvalue weighted by Gasteiger charge is 2.12. The largest absolute Gasteiger partial charge is 0.330 e. The molecule has 0 bridgehead atoms. The summed E-state index contributed by atoms with van der Waals surface area (Å²) in [6.45, 7) is 5.15. The maximum absolute atomic E-state index is 6.08. The summed E-state index contributed by atoms with van der Waals surface area (Å²) < 4.78 is 0. The molecule has 2 unspecified atom stereocenters. The molecule has 1 nitrogen and oxygen atoms in total. The molecule has 14 heavy (non-hydrogen) atoms. The summed E-state index contributed by atoms with van der Waals surface area (Å²) >= 11 is 6.08. The average molecular weight is 212 g/mol. The summed E-state index contributed by atoms with van der Waals surface area (Å²) in [5.74, 6) is 1.13. The van der Waals surface area contributed by atoms with Crippen LogP contribution in [0.25, 0.3) is 0 Å². The zero-order valence-electron chi connectivity index (χ0n) is 8.83. The fourth-order valence-corrected chi connectivity index (χ4v) is 1.66. The van der Waals surface area contributed by atoms with Gasteiger partial charge in [0.15, 0.2) is 0 Å². The third-order valence-corrected chi connectivity index (χ3v) is 3.21. The van der Waals surface area contributed by atoms with Gasteiger partial charge in [0.1, 0.15) is 0 Å². The molecule has 0 heterocycles. The predicted molar refractivity (Wildman–Crippen MR) is 62.5 cm³/mol. The average Bonchev–Trinajstić information content (AvgIpc) is 2.20. The van der Waals surface area contributed by atoms with Crippen LogP contribution in [0.5, 0.6) is 0 Å². The van der Waals surface area contributed by atoms with E-state index in [1.54, 1.807) is 0 Å². The topological polar surface area (TPSA) is 26.0 Å².